The van der Waals surface area contributed by atoms with Crippen LogP contribution in [0.25, 0.3) is 10.9 Å². The van der Waals surface area contributed by atoms with E-state index in [1.54, 1.807) is 20.8 Å². The maximum atomic E-state index is 14.8. The molecule has 3 aromatic rings. The summed E-state index contributed by atoms with van der Waals surface area (Å²) in [6.45, 7) is 4.32. The number of anilines is 1. The van der Waals surface area contributed by atoms with E-state index in [4.69, 9.17) is 10.8 Å². The number of fused-ring (bicyclic) bond motifs is 1. The standard InChI is InChI=1S/C24H29F2N5O4/c1-24(2,3)21(23(35)28-10-15(33)12-32)29-22(34)19-16-5-4-6-17(25)20(16)31(30-19)11-13-7-8-14(27)9-18(13)26/h4-9,15,21,32-33H,10-12,27H2,1-3H3,(H,28,35)(H,29,34). The van der Waals surface area contributed by atoms with E-state index in [1.807, 2.05) is 0 Å². The van der Waals surface area contributed by atoms with Crippen molar-refractivity contribution in [3.8, 4) is 0 Å². The molecule has 9 nitrogen and oxygen atoms in total. The zero-order chi connectivity index (χ0) is 25.9. The fourth-order valence-corrected chi connectivity index (χ4v) is 3.59. The Balaban J connectivity index is 1.95. The van der Waals surface area contributed by atoms with Crippen LogP contribution in [-0.2, 0) is 11.3 Å². The predicted octanol–water partition coefficient (Wildman–Crippen LogP) is 1.56. The number of benzene rings is 2. The first-order chi connectivity index (χ1) is 16.4. The highest BCUT2D eigenvalue weighted by molar-refractivity contribution is 6.06. The molecule has 188 valence electrons. The Bertz CT molecular complexity index is 1240. The van der Waals surface area contributed by atoms with Gasteiger partial charge in [-0.25, -0.2) is 8.78 Å². The molecule has 0 spiro atoms. The number of carbonyl (C=O) groups is 2. The number of nitrogens with two attached hydrogens (primary N) is 1. The first-order valence-corrected chi connectivity index (χ1v) is 11.0. The van der Waals surface area contributed by atoms with E-state index in [9.17, 15) is 23.5 Å². The molecule has 2 amide bonds. The van der Waals surface area contributed by atoms with Gasteiger partial charge in [-0.3, -0.25) is 14.3 Å². The number of aliphatic hydroxyl groups is 2. The van der Waals surface area contributed by atoms with E-state index < -0.39 is 47.6 Å². The molecule has 2 atom stereocenters. The number of aliphatic hydroxyl groups excluding tert-OH is 2. The van der Waals surface area contributed by atoms with Crippen LogP contribution in [0.1, 0.15) is 36.8 Å². The Morgan fingerprint density at radius 3 is 2.51 bits per heavy atom. The van der Waals surface area contributed by atoms with Crippen molar-refractivity contribution in [2.75, 3.05) is 18.9 Å². The molecule has 0 fully saturated rings. The van der Waals surface area contributed by atoms with Crippen molar-refractivity contribution in [2.45, 2.75) is 39.5 Å². The van der Waals surface area contributed by atoms with Gasteiger partial charge >= 0.3 is 0 Å². The van der Waals surface area contributed by atoms with E-state index in [2.05, 4.69) is 15.7 Å². The molecule has 35 heavy (non-hydrogen) atoms. The summed E-state index contributed by atoms with van der Waals surface area (Å²) in [5.41, 5.74) is 5.18. The van der Waals surface area contributed by atoms with Crippen molar-refractivity contribution in [3.63, 3.8) is 0 Å². The van der Waals surface area contributed by atoms with E-state index >= 15 is 0 Å². The smallest absolute Gasteiger partial charge is 0.273 e. The highest BCUT2D eigenvalue weighted by Gasteiger charge is 2.34. The third-order valence-electron chi connectivity index (χ3n) is 5.46. The van der Waals surface area contributed by atoms with Crippen LogP contribution in [0.3, 0.4) is 0 Å². The van der Waals surface area contributed by atoms with Crippen molar-refractivity contribution >= 4 is 28.4 Å². The molecule has 3 rings (SSSR count). The van der Waals surface area contributed by atoms with Crippen LogP contribution in [0, 0.1) is 17.0 Å². The third-order valence-corrected chi connectivity index (χ3v) is 5.46. The van der Waals surface area contributed by atoms with E-state index in [0.29, 0.717) is 0 Å². The van der Waals surface area contributed by atoms with Crippen molar-refractivity contribution in [1.82, 2.24) is 20.4 Å². The minimum absolute atomic E-state index is 0.0108. The summed E-state index contributed by atoms with van der Waals surface area (Å²) < 4.78 is 30.3. The van der Waals surface area contributed by atoms with Gasteiger partial charge in [-0.1, -0.05) is 39.0 Å². The molecule has 2 aromatic carbocycles. The van der Waals surface area contributed by atoms with Gasteiger partial charge in [0.25, 0.3) is 5.91 Å². The fraction of sp³-hybridized carbons (Fsp3) is 0.375. The Morgan fingerprint density at radius 1 is 1.17 bits per heavy atom. The molecule has 0 radical (unpaired) electrons. The van der Waals surface area contributed by atoms with Crippen LogP contribution in [0.2, 0.25) is 0 Å². The molecule has 0 saturated heterocycles. The lowest BCUT2D eigenvalue weighted by Gasteiger charge is -2.30. The number of hydrogen-bond donors (Lipinski definition) is 5. The minimum Gasteiger partial charge on any atom is -0.399 e. The number of halogens is 2. The van der Waals surface area contributed by atoms with E-state index in [1.165, 1.54) is 35.0 Å². The number of carbonyl (C=O) groups excluding carboxylic acids is 2. The SMILES string of the molecule is CC(C)(C)C(NC(=O)c1nn(Cc2ccc(N)cc2F)c2c(F)cccc12)C(=O)NCC(O)CO. The maximum absolute atomic E-state index is 14.8. The summed E-state index contributed by atoms with van der Waals surface area (Å²) in [5, 5.41) is 28.1. The molecule has 0 aliphatic carbocycles. The highest BCUT2D eigenvalue weighted by Crippen LogP contribution is 2.25. The van der Waals surface area contributed by atoms with Crippen LogP contribution in [-0.4, -0.2) is 57.1 Å². The second-order valence-corrected chi connectivity index (χ2v) is 9.35. The zero-order valence-electron chi connectivity index (χ0n) is 19.7. The van der Waals surface area contributed by atoms with Gasteiger partial charge in [-0.15, -0.1) is 0 Å². The van der Waals surface area contributed by atoms with Crippen molar-refractivity contribution in [3.05, 3.63) is 59.3 Å². The second-order valence-electron chi connectivity index (χ2n) is 9.35. The number of nitrogens with zero attached hydrogens (tertiary/aromatic N) is 2. The maximum Gasteiger partial charge on any atom is 0.273 e. The lowest BCUT2D eigenvalue weighted by molar-refractivity contribution is -0.125. The largest absolute Gasteiger partial charge is 0.399 e. The molecule has 0 saturated carbocycles. The molecule has 1 heterocycles. The Labute approximate surface area is 200 Å². The summed E-state index contributed by atoms with van der Waals surface area (Å²) in [6, 6.07) is 7.22. The summed E-state index contributed by atoms with van der Waals surface area (Å²) in [7, 11) is 0. The van der Waals surface area contributed by atoms with Crippen LogP contribution >= 0.6 is 0 Å². The Morgan fingerprint density at radius 2 is 1.89 bits per heavy atom. The Kier molecular flexibility index (Phi) is 7.71. The van der Waals surface area contributed by atoms with Gasteiger partial charge in [0.05, 0.1) is 19.3 Å². The summed E-state index contributed by atoms with van der Waals surface area (Å²) in [4.78, 5) is 26.0. The first-order valence-electron chi connectivity index (χ1n) is 11.0. The van der Waals surface area contributed by atoms with Crippen LogP contribution in [0.15, 0.2) is 36.4 Å². The number of amides is 2. The molecule has 0 aliphatic heterocycles. The highest BCUT2D eigenvalue weighted by atomic mass is 19.1. The number of nitrogens with one attached hydrogen (secondary N) is 2. The lowest BCUT2D eigenvalue weighted by atomic mass is 9.86. The van der Waals surface area contributed by atoms with Crippen LogP contribution in [0.5, 0.6) is 0 Å². The number of para-hydroxylation sites is 1. The molecule has 0 aliphatic rings. The Hall–Kier alpha value is -3.57. The molecule has 1 aromatic heterocycles. The second kappa shape index (κ2) is 10.4. The van der Waals surface area contributed by atoms with Gasteiger partial charge in [-0.2, -0.15) is 5.10 Å². The number of aromatic nitrogens is 2. The molecular formula is C24H29F2N5O4. The molecule has 0 bridgehead atoms. The van der Waals surface area contributed by atoms with E-state index in [0.717, 1.165) is 6.07 Å². The van der Waals surface area contributed by atoms with E-state index in [-0.39, 0.29) is 40.9 Å². The van der Waals surface area contributed by atoms with Crippen LogP contribution in [0.4, 0.5) is 14.5 Å². The van der Waals surface area contributed by atoms with Crippen molar-refractivity contribution in [2.24, 2.45) is 5.41 Å². The molecule has 6 N–H and O–H groups in total. The first kappa shape index (κ1) is 26.0. The monoisotopic (exact) mass is 489 g/mol. The summed E-state index contributed by atoms with van der Waals surface area (Å²) >= 11 is 0. The lowest BCUT2D eigenvalue weighted by Crippen LogP contribution is -2.54. The van der Waals surface area contributed by atoms with Gasteiger partial charge in [0.1, 0.15) is 23.2 Å². The van der Waals surface area contributed by atoms with Crippen molar-refractivity contribution < 1.29 is 28.6 Å². The van der Waals surface area contributed by atoms with Crippen molar-refractivity contribution in [1.29, 1.82) is 0 Å². The number of hydrogen-bond acceptors (Lipinski definition) is 6. The van der Waals surface area contributed by atoms with Gasteiger partial charge < -0.3 is 26.6 Å². The topological polar surface area (TPSA) is 142 Å². The predicted molar refractivity (Wildman–Crippen MR) is 126 cm³/mol. The average Bonchev–Trinajstić information content (AvgIpc) is 3.16. The molecular weight excluding hydrogens is 460 g/mol. The van der Waals surface area contributed by atoms with Gasteiger partial charge in [-0.05, 0) is 23.6 Å². The number of rotatable bonds is 8. The zero-order valence-corrected chi connectivity index (χ0v) is 19.7. The van der Waals surface area contributed by atoms with Gasteiger partial charge in [0.2, 0.25) is 5.91 Å². The number of nitrogen functional groups attached to an aromatic ring is 1. The summed E-state index contributed by atoms with van der Waals surface area (Å²) in [6.07, 6.45) is -1.15. The summed E-state index contributed by atoms with van der Waals surface area (Å²) in [5.74, 6) is -2.54. The van der Waals surface area contributed by atoms with Crippen LogP contribution < -0.4 is 16.4 Å². The van der Waals surface area contributed by atoms with Gasteiger partial charge in [0.15, 0.2) is 5.69 Å². The minimum atomic E-state index is -1.15. The quantitative estimate of drug-likeness (QED) is 0.304. The normalized spacial score (nSPS) is 13.5. The fourth-order valence-electron chi connectivity index (χ4n) is 3.59. The third kappa shape index (κ3) is 5.92. The average molecular weight is 490 g/mol. The molecule has 2 unspecified atom stereocenters. The van der Waals surface area contributed by atoms with Gasteiger partial charge in [0, 0.05) is 23.2 Å². The molecule has 11 heteroatoms.